The van der Waals surface area contributed by atoms with Crippen molar-refractivity contribution in [1.82, 2.24) is 15.0 Å². The van der Waals surface area contributed by atoms with Crippen LogP contribution in [-0.2, 0) is 10.0 Å². The van der Waals surface area contributed by atoms with Crippen LogP contribution in [0.5, 0.6) is 0 Å². The second-order valence-electron chi connectivity index (χ2n) is 10.7. The van der Waals surface area contributed by atoms with Crippen LogP contribution in [-0.4, -0.2) is 78.8 Å². The quantitative estimate of drug-likeness (QED) is 0.441. The van der Waals surface area contributed by atoms with E-state index in [1.807, 2.05) is 0 Å². The lowest BCUT2D eigenvalue weighted by molar-refractivity contribution is -0.0221. The van der Waals surface area contributed by atoms with Crippen LogP contribution in [0.4, 0.5) is 32.1 Å². The SMILES string of the molecule is Cc1cc(N2CCC(F)(F)CC2)nc(NC(=O)c2cnc(NS(=O)(=O)CCO)cc2N2CCC3(CC2)CC3)n1. The van der Waals surface area contributed by atoms with Gasteiger partial charge in [-0.2, -0.15) is 4.98 Å². The number of aromatic nitrogens is 3. The first-order valence-electron chi connectivity index (χ1n) is 13.1. The maximum atomic E-state index is 13.6. The summed E-state index contributed by atoms with van der Waals surface area (Å²) < 4.78 is 54.0. The first-order valence-corrected chi connectivity index (χ1v) is 14.8. The van der Waals surface area contributed by atoms with Crippen LogP contribution in [0.2, 0.25) is 0 Å². The molecular formula is C25H33F2N7O4S. The van der Waals surface area contributed by atoms with Gasteiger partial charge in [-0.15, -0.1) is 0 Å². The normalized spacial score (nSPS) is 20.1. The maximum absolute atomic E-state index is 13.6. The highest BCUT2D eigenvalue weighted by Crippen LogP contribution is 2.54. The van der Waals surface area contributed by atoms with E-state index in [0.29, 0.717) is 22.6 Å². The van der Waals surface area contributed by atoms with Crippen LogP contribution < -0.4 is 19.8 Å². The van der Waals surface area contributed by atoms with E-state index >= 15 is 0 Å². The van der Waals surface area contributed by atoms with Crippen LogP contribution >= 0.6 is 0 Å². The van der Waals surface area contributed by atoms with Gasteiger partial charge in [0.1, 0.15) is 11.6 Å². The van der Waals surface area contributed by atoms with E-state index in [0.717, 1.165) is 25.9 Å². The Kier molecular flexibility index (Phi) is 7.35. The average Bonchev–Trinajstić information content (AvgIpc) is 3.62. The van der Waals surface area contributed by atoms with Crippen molar-refractivity contribution in [1.29, 1.82) is 0 Å². The molecule has 14 heteroatoms. The molecule has 3 fully saturated rings. The molecule has 0 aromatic carbocycles. The van der Waals surface area contributed by atoms with Gasteiger partial charge in [0.2, 0.25) is 16.0 Å². The predicted octanol–water partition coefficient (Wildman–Crippen LogP) is 2.78. The van der Waals surface area contributed by atoms with E-state index in [9.17, 15) is 22.0 Å². The van der Waals surface area contributed by atoms with E-state index in [1.54, 1.807) is 17.9 Å². The number of alkyl halides is 2. The molecule has 1 amide bonds. The number of hydrogen-bond acceptors (Lipinski definition) is 9. The topological polar surface area (TPSA) is 141 Å². The van der Waals surface area contributed by atoms with Gasteiger partial charge in [0.15, 0.2) is 0 Å². The Balaban J connectivity index is 1.39. The van der Waals surface area contributed by atoms with Crippen molar-refractivity contribution in [2.24, 2.45) is 5.41 Å². The maximum Gasteiger partial charge on any atom is 0.261 e. The molecule has 4 heterocycles. The molecule has 1 aliphatic carbocycles. The number of aliphatic hydroxyl groups is 1. The largest absolute Gasteiger partial charge is 0.395 e. The first kappa shape index (κ1) is 27.4. The number of hydrogen-bond donors (Lipinski definition) is 3. The molecule has 0 unspecified atom stereocenters. The van der Waals surface area contributed by atoms with Crippen LogP contribution in [0.25, 0.3) is 0 Å². The molecule has 0 radical (unpaired) electrons. The molecule has 5 rings (SSSR count). The molecule has 11 nitrogen and oxygen atoms in total. The summed E-state index contributed by atoms with van der Waals surface area (Å²) in [4.78, 5) is 30.1. The summed E-state index contributed by atoms with van der Waals surface area (Å²) >= 11 is 0. The number of sulfonamides is 1. The van der Waals surface area contributed by atoms with Gasteiger partial charge in [0.05, 0.1) is 23.6 Å². The van der Waals surface area contributed by atoms with E-state index in [-0.39, 0.29) is 43.3 Å². The zero-order chi connectivity index (χ0) is 27.8. The summed E-state index contributed by atoms with van der Waals surface area (Å²) in [6.07, 6.45) is 5.17. The summed E-state index contributed by atoms with van der Waals surface area (Å²) in [5.41, 5.74) is 1.73. The third kappa shape index (κ3) is 6.55. The number of carbonyl (C=O) groups is 1. The second-order valence-corrected chi connectivity index (χ2v) is 12.5. The highest BCUT2D eigenvalue weighted by Gasteiger charge is 2.44. The summed E-state index contributed by atoms with van der Waals surface area (Å²) in [5.74, 6) is -3.12. The van der Waals surface area contributed by atoms with Crippen molar-refractivity contribution in [2.45, 2.75) is 51.4 Å². The molecule has 2 aromatic rings. The fourth-order valence-corrected chi connectivity index (χ4v) is 5.94. The van der Waals surface area contributed by atoms with Crippen molar-refractivity contribution in [3.8, 4) is 0 Å². The highest BCUT2D eigenvalue weighted by atomic mass is 32.2. The molecule has 3 aliphatic rings. The lowest BCUT2D eigenvalue weighted by atomic mass is 9.93. The van der Waals surface area contributed by atoms with Gasteiger partial charge in [0, 0.05) is 63.0 Å². The minimum Gasteiger partial charge on any atom is -0.395 e. The standard InChI is InChI=1S/C25H33F2N7O4S/c1-17-14-21(34-10-6-25(26,27)7-11-34)30-23(29-17)31-22(36)18-16-28-20(32-39(37,38)13-12-35)15-19(18)33-8-4-24(2-3-24)5-9-33/h14-16,35H,2-13H2,1H3,(H,28,32)(H,29,30,31,36). The Morgan fingerprint density at radius 3 is 2.33 bits per heavy atom. The van der Waals surface area contributed by atoms with Gasteiger partial charge in [0.25, 0.3) is 11.8 Å². The predicted molar refractivity (Wildman–Crippen MR) is 143 cm³/mol. The van der Waals surface area contributed by atoms with Crippen molar-refractivity contribution in [2.75, 3.05) is 58.4 Å². The number of pyridine rings is 1. The van der Waals surface area contributed by atoms with Crippen LogP contribution in [0.1, 0.15) is 54.6 Å². The van der Waals surface area contributed by atoms with E-state index in [2.05, 4.69) is 29.9 Å². The van der Waals surface area contributed by atoms with Crippen LogP contribution in [0.3, 0.4) is 0 Å². The van der Waals surface area contributed by atoms with Crippen LogP contribution in [0.15, 0.2) is 18.3 Å². The van der Waals surface area contributed by atoms with Gasteiger partial charge >= 0.3 is 0 Å². The summed E-state index contributed by atoms with van der Waals surface area (Å²) in [6.45, 7) is 2.94. The Hall–Kier alpha value is -3.13. The number of halogens is 2. The number of piperidine rings is 2. The summed E-state index contributed by atoms with van der Waals surface area (Å²) in [5, 5.41) is 11.8. The molecule has 2 aromatic heterocycles. The van der Waals surface area contributed by atoms with Gasteiger partial charge in [-0.3, -0.25) is 14.8 Å². The number of amides is 1. The zero-order valence-electron chi connectivity index (χ0n) is 21.8. The Morgan fingerprint density at radius 1 is 1.03 bits per heavy atom. The monoisotopic (exact) mass is 565 g/mol. The average molecular weight is 566 g/mol. The van der Waals surface area contributed by atoms with E-state index in [1.165, 1.54) is 25.1 Å². The van der Waals surface area contributed by atoms with Gasteiger partial charge in [-0.05, 0) is 38.0 Å². The fraction of sp³-hybridized carbons (Fsp3) is 0.600. The summed E-state index contributed by atoms with van der Waals surface area (Å²) in [6, 6.07) is 3.23. The van der Waals surface area contributed by atoms with Crippen molar-refractivity contribution < 1.29 is 27.1 Å². The number of carbonyl (C=O) groups excluding carboxylic acids is 1. The Labute approximate surface area is 226 Å². The lowest BCUT2D eigenvalue weighted by Crippen LogP contribution is -2.40. The highest BCUT2D eigenvalue weighted by molar-refractivity contribution is 7.92. The van der Waals surface area contributed by atoms with Crippen molar-refractivity contribution >= 4 is 39.2 Å². The molecule has 1 spiro atoms. The third-order valence-electron chi connectivity index (χ3n) is 7.75. The lowest BCUT2D eigenvalue weighted by Gasteiger charge is -2.35. The number of aryl methyl sites for hydroxylation is 1. The number of anilines is 4. The number of nitrogens with one attached hydrogen (secondary N) is 2. The number of rotatable bonds is 8. The molecule has 2 saturated heterocycles. The third-order valence-corrected chi connectivity index (χ3v) is 8.99. The fourth-order valence-electron chi connectivity index (χ4n) is 5.17. The van der Waals surface area contributed by atoms with E-state index in [4.69, 9.17) is 5.11 Å². The van der Waals surface area contributed by atoms with Crippen molar-refractivity contribution in [3.05, 3.63) is 29.6 Å². The summed E-state index contributed by atoms with van der Waals surface area (Å²) in [7, 11) is -3.80. The Morgan fingerprint density at radius 2 is 1.69 bits per heavy atom. The van der Waals surface area contributed by atoms with E-state index < -0.39 is 34.2 Å². The number of aliphatic hydroxyl groups excluding tert-OH is 1. The minimum atomic E-state index is -3.80. The minimum absolute atomic E-state index is 0.0431. The second kappa shape index (κ2) is 10.5. The van der Waals surface area contributed by atoms with Gasteiger partial charge in [-0.1, -0.05) is 0 Å². The van der Waals surface area contributed by atoms with Crippen molar-refractivity contribution in [3.63, 3.8) is 0 Å². The molecule has 212 valence electrons. The zero-order valence-corrected chi connectivity index (χ0v) is 22.6. The van der Waals surface area contributed by atoms with Gasteiger partial charge in [-0.25, -0.2) is 27.2 Å². The van der Waals surface area contributed by atoms with Crippen LogP contribution in [0, 0.1) is 12.3 Å². The molecule has 1 saturated carbocycles. The molecule has 0 atom stereocenters. The molecule has 0 bridgehead atoms. The van der Waals surface area contributed by atoms with Gasteiger partial charge < -0.3 is 14.9 Å². The molecular weight excluding hydrogens is 532 g/mol. The molecule has 39 heavy (non-hydrogen) atoms. The number of nitrogens with zero attached hydrogens (tertiary/aromatic N) is 5. The first-order chi connectivity index (χ1) is 18.5. The molecule has 3 N–H and O–H groups in total. The molecule has 2 aliphatic heterocycles. The Bertz CT molecular complexity index is 1330. The smallest absolute Gasteiger partial charge is 0.261 e.